The second-order valence-corrected chi connectivity index (χ2v) is 5.66. The molecule has 0 saturated carbocycles. The highest BCUT2D eigenvalue weighted by Crippen LogP contribution is 2.27. The van der Waals surface area contributed by atoms with Crippen molar-refractivity contribution >= 4 is 40.2 Å². The molecule has 10 heteroatoms. The van der Waals surface area contributed by atoms with Crippen molar-refractivity contribution in [3.8, 4) is 5.69 Å². The van der Waals surface area contributed by atoms with Crippen LogP contribution in [-0.2, 0) is 0 Å². The van der Waals surface area contributed by atoms with Gasteiger partial charge in [0.25, 0.3) is 0 Å². The smallest absolute Gasteiger partial charge is 0.341 e. The van der Waals surface area contributed by atoms with E-state index in [1.165, 1.54) is 0 Å². The number of fused-ring (bicyclic) bond motifs is 1. The third-order valence-electron chi connectivity index (χ3n) is 3.34. The number of carboxylic acid groups (broad SMARTS) is 1. The summed E-state index contributed by atoms with van der Waals surface area (Å²) < 4.78 is 42.1. The van der Waals surface area contributed by atoms with E-state index in [2.05, 4.69) is 4.98 Å². The van der Waals surface area contributed by atoms with Gasteiger partial charge in [0.2, 0.25) is 5.43 Å². The number of aromatic carboxylic acids is 1. The van der Waals surface area contributed by atoms with Gasteiger partial charge in [-0.15, -0.1) is 0 Å². The highest BCUT2D eigenvalue weighted by molar-refractivity contribution is 6.41. The Labute approximate surface area is 146 Å². The zero-order valence-corrected chi connectivity index (χ0v) is 13.4. The molecular formula is C15H5Cl2F3N2O3. The Balaban J connectivity index is 2.55. The van der Waals surface area contributed by atoms with Gasteiger partial charge in [0.1, 0.15) is 27.9 Å². The van der Waals surface area contributed by atoms with Crippen LogP contribution >= 0.6 is 23.2 Å². The van der Waals surface area contributed by atoms with E-state index in [0.717, 1.165) is 6.07 Å². The highest BCUT2D eigenvalue weighted by Gasteiger charge is 2.22. The Kier molecular flexibility index (Phi) is 4.18. The van der Waals surface area contributed by atoms with E-state index in [1.54, 1.807) is 0 Å². The average molecular weight is 389 g/mol. The molecule has 2 aromatic heterocycles. The van der Waals surface area contributed by atoms with Crippen LogP contribution in [0.4, 0.5) is 13.2 Å². The van der Waals surface area contributed by atoms with Crippen molar-refractivity contribution in [1.82, 2.24) is 9.55 Å². The minimum atomic E-state index is -1.63. The lowest BCUT2D eigenvalue weighted by atomic mass is 10.1. The molecule has 3 rings (SSSR count). The van der Waals surface area contributed by atoms with Crippen LogP contribution in [0.15, 0.2) is 29.2 Å². The highest BCUT2D eigenvalue weighted by atomic mass is 35.5. The molecule has 128 valence electrons. The largest absolute Gasteiger partial charge is 0.477 e. The maximum Gasteiger partial charge on any atom is 0.341 e. The topological polar surface area (TPSA) is 72.2 Å². The second-order valence-electron chi connectivity index (χ2n) is 4.90. The van der Waals surface area contributed by atoms with Gasteiger partial charge in [-0.05, 0) is 6.07 Å². The van der Waals surface area contributed by atoms with Crippen LogP contribution in [0.2, 0.25) is 10.2 Å². The number of halogens is 5. The van der Waals surface area contributed by atoms with E-state index in [4.69, 9.17) is 28.3 Å². The predicted octanol–water partition coefficient (Wildman–Crippen LogP) is 3.81. The lowest BCUT2D eigenvalue weighted by molar-refractivity contribution is 0.0695. The first kappa shape index (κ1) is 17.2. The van der Waals surface area contributed by atoms with Crippen molar-refractivity contribution in [1.29, 1.82) is 0 Å². The van der Waals surface area contributed by atoms with Crippen LogP contribution in [0.3, 0.4) is 0 Å². The van der Waals surface area contributed by atoms with Gasteiger partial charge in [-0.3, -0.25) is 9.36 Å². The van der Waals surface area contributed by atoms with Gasteiger partial charge in [-0.1, -0.05) is 23.2 Å². The van der Waals surface area contributed by atoms with Crippen LogP contribution in [0.1, 0.15) is 10.4 Å². The molecule has 0 atom stereocenters. The zero-order valence-electron chi connectivity index (χ0n) is 11.9. The molecule has 3 aromatic rings. The summed E-state index contributed by atoms with van der Waals surface area (Å²) in [7, 11) is 0. The van der Waals surface area contributed by atoms with Crippen molar-refractivity contribution in [2.45, 2.75) is 0 Å². The number of aromatic nitrogens is 2. The standard InChI is InChI=1S/C15H5Cl2F3N2O3/c16-8-3-6-12(23)7(15(24)25)4-22(14(6)21-13(8)17)11-9(19)1-5(18)2-10(11)20/h1-4H,(H,24,25). The van der Waals surface area contributed by atoms with Crippen LogP contribution in [0.25, 0.3) is 16.7 Å². The molecule has 0 spiro atoms. The Morgan fingerprint density at radius 2 is 1.72 bits per heavy atom. The monoisotopic (exact) mass is 388 g/mol. The summed E-state index contributed by atoms with van der Waals surface area (Å²) in [6.45, 7) is 0. The molecule has 0 aliphatic heterocycles. The number of hydrogen-bond donors (Lipinski definition) is 1. The molecule has 0 fully saturated rings. The number of carboxylic acids is 1. The molecule has 2 heterocycles. The van der Waals surface area contributed by atoms with Gasteiger partial charge in [0.15, 0.2) is 11.6 Å². The molecule has 0 radical (unpaired) electrons. The Morgan fingerprint density at radius 1 is 1.12 bits per heavy atom. The first-order valence-corrected chi connectivity index (χ1v) is 7.26. The molecule has 25 heavy (non-hydrogen) atoms. The minimum Gasteiger partial charge on any atom is -0.477 e. The molecule has 0 saturated heterocycles. The number of nitrogens with zero attached hydrogens (tertiary/aromatic N) is 2. The molecular weight excluding hydrogens is 384 g/mol. The molecule has 0 unspecified atom stereocenters. The fourth-order valence-corrected chi connectivity index (χ4v) is 2.58. The van der Waals surface area contributed by atoms with Gasteiger partial charge in [-0.25, -0.2) is 22.9 Å². The quantitative estimate of drug-likeness (QED) is 0.677. The van der Waals surface area contributed by atoms with E-state index in [1.807, 2.05) is 0 Å². The summed E-state index contributed by atoms with van der Waals surface area (Å²) in [5.74, 6) is -5.45. The van der Waals surface area contributed by atoms with Crippen molar-refractivity contribution in [3.63, 3.8) is 0 Å². The fourth-order valence-electron chi connectivity index (χ4n) is 2.29. The summed E-state index contributed by atoms with van der Waals surface area (Å²) in [5.41, 5.74) is -2.91. The lowest BCUT2D eigenvalue weighted by Crippen LogP contribution is -2.20. The minimum absolute atomic E-state index is 0.152. The van der Waals surface area contributed by atoms with Crippen LogP contribution in [0.5, 0.6) is 0 Å². The molecule has 1 aromatic carbocycles. The summed E-state index contributed by atoms with van der Waals surface area (Å²) in [4.78, 5) is 27.3. The third kappa shape index (κ3) is 2.83. The van der Waals surface area contributed by atoms with Crippen LogP contribution in [-0.4, -0.2) is 20.6 Å². The molecule has 5 nitrogen and oxygen atoms in total. The van der Waals surface area contributed by atoms with Gasteiger partial charge >= 0.3 is 5.97 Å². The molecule has 1 N–H and O–H groups in total. The SMILES string of the molecule is O=C(O)c1cn(-c2c(F)cc(F)cc2F)c2nc(Cl)c(Cl)cc2c1=O. The first-order valence-electron chi connectivity index (χ1n) is 6.50. The maximum absolute atomic E-state index is 14.1. The van der Waals surface area contributed by atoms with Gasteiger partial charge < -0.3 is 5.11 Å². The number of benzene rings is 1. The fraction of sp³-hybridized carbons (Fsp3) is 0. The van der Waals surface area contributed by atoms with Crippen molar-refractivity contribution in [2.75, 3.05) is 0 Å². The summed E-state index contributed by atoms with van der Waals surface area (Å²) in [6.07, 6.45) is 0.684. The number of carbonyl (C=O) groups is 1. The summed E-state index contributed by atoms with van der Waals surface area (Å²) >= 11 is 11.6. The Morgan fingerprint density at radius 3 is 2.28 bits per heavy atom. The maximum atomic E-state index is 14.1. The van der Waals surface area contributed by atoms with E-state index in [9.17, 15) is 22.8 Å². The van der Waals surface area contributed by atoms with E-state index < -0.39 is 40.1 Å². The zero-order chi connectivity index (χ0) is 18.5. The van der Waals surface area contributed by atoms with E-state index >= 15 is 0 Å². The molecule has 0 amide bonds. The molecule has 0 bridgehead atoms. The number of rotatable bonds is 2. The van der Waals surface area contributed by atoms with Crippen molar-refractivity contribution in [2.24, 2.45) is 0 Å². The van der Waals surface area contributed by atoms with Gasteiger partial charge in [0, 0.05) is 18.3 Å². The van der Waals surface area contributed by atoms with Crippen molar-refractivity contribution < 1.29 is 23.1 Å². The second kappa shape index (κ2) is 6.05. The Bertz CT molecular complexity index is 1090. The summed E-state index contributed by atoms with van der Waals surface area (Å²) in [5, 5.41) is 8.42. The van der Waals surface area contributed by atoms with Crippen LogP contribution < -0.4 is 5.43 Å². The summed E-state index contributed by atoms with van der Waals surface area (Å²) in [6, 6.07) is 1.84. The first-order chi connectivity index (χ1) is 11.7. The Hall–Kier alpha value is -2.58. The van der Waals surface area contributed by atoms with E-state index in [0.29, 0.717) is 22.9 Å². The average Bonchev–Trinajstić information content (AvgIpc) is 2.50. The predicted molar refractivity (Wildman–Crippen MR) is 84.2 cm³/mol. The molecule has 0 aliphatic carbocycles. The lowest BCUT2D eigenvalue weighted by Gasteiger charge is -2.14. The number of pyridine rings is 2. The van der Waals surface area contributed by atoms with Crippen LogP contribution in [0, 0.1) is 17.5 Å². The molecule has 0 aliphatic rings. The third-order valence-corrected chi connectivity index (χ3v) is 4.01. The van der Waals surface area contributed by atoms with Gasteiger partial charge in [-0.2, -0.15) is 0 Å². The number of hydrogen-bond acceptors (Lipinski definition) is 3. The normalized spacial score (nSPS) is 11.1. The van der Waals surface area contributed by atoms with Crippen molar-refractivity contribution in [3.05, 3.63) is 67.8 Å². The van der Waals surface area contributed by atoms with E-state index in [-0.39, 0.29) is 21.2 Å². The van der Waals surface area contributed by atoms with Gasteiger partial charge in [0.05, 0.1) is 10.4 Å².